The Labute approximate surface area is 94.5 Å². The predicted octanol–water partition coefficient (Wildman–Crippen LogP) is 1.14. The molecule has 0 aliphatic rings. The number of ether oxygens (including phenoxy) is 1. The van der Waals surface area contributed by atoms with Gasteiger partial charge in [0.05, 0.1) is 11.0 Å². The quantitative estimate of drug-likeness (QED) is 0.849. The van der Waals surface area contributed by atoms with Crippen molar-refractivity contribution in [3.05, 3.63) is 30.1 Å². The number of nitrogens with one attached hydrogen (secondary N) is 1. The van der Waals surface area contributed by atoms with Gasteiger partial charge < -0.3 is 4.74 Å². The third kappa shape index (κ3) is 3.55. The van der Waals surface area contributed by atoms with Crippen molar-refractivity contribution in [3.63, 3.8) is 0 Å². The molecular formula is C10H14FNO3S. The monoisotopic (exact) mass is 247 g/mol. The molecule has 1 atom stereocenters. The van der Waals surface area contributed by atoms with Crippen molar-refractivity contribution in [3.8, 4) is 0 Å². The van der Waals surface area contributed by atoms with Crippen LogP contribution in [-0.2, 0) is 14.8 Å². The molecule has 6 heteroatoms. The summed E-state index contributed by atoms with van der Waals surface area (Å²) in [5, 5.41) is 0. The van der Waals surface area contributed by atoms with Crippen molar-refractivity contribution in [1.29, 1.82) is 0 Å². The zero-order valence-electron chi connectivity index (χ0n) is 9.10. The Hall–Kier alpha value is -0.980. The number of hydrogen-bond donors (Lipinski definition) is 1. The largest absolute Gasteiger partial charge is 0.380 e. The van der Waals surface area contributed by atoms with Gasteiger partial charge in [0.2, 0.25) is 10.0 Å². The first kappa shape index (κ1) is 13.1. The fourth-order valence-corrected chi connectivity index (χ4v) is 2.17. The van der Waals surface area contributed by atoms with Gasteiger partial charge in [-0.25, -0.2) is 17.5 Å². The molecule has 1 unspecified atom stereocenters. The van der Waals surface area contributed by atoms with E-state index in [2.05, 4.69) is 4.72 Å². The van der Waals surface area contributed by atoms with E-state index in [1.807, 2.05) is 0 Å². The topological polar surface area (TPSA) is 55.4 Å². The van der Waals surface area contributed by atoms with E-state index in [0.717, 1.165) is 6.07 Å². The van der Waals surface area contributed by atoms with Crippen LogP contribution in [0.5, 0.6) is 0 Å². The summed E-state index contributed by atoms with van der Waals surface area (Å²) in [6, 6.07) is 4.85. The van der Waals surface area contributed by atoms with Gasteiger partial charge >= 0.3 is 0 Å². The number of rotatable bonds is 5. The van der Waals surface area contributed by atoms with Crippen molar-refractivity contribution in [2.45, 2.75) is 17.9 Å². The summed E-state index contributed by atoms with van der Waals surface area (Å²) >= 11 is 0. The normalized spacial score (nSPS) is 13.7. The highest BCUT2D eigenvalue weighted by Crippen LogP contribution is 2.10. The minimum Gasteiger partial charge on any atom is -0.380 e. The van der Waals surface area contributed by atoms with Gasteiger partial charge in [-0.2, -0.15) is 0 Å². The fourth-order valence-electron chi connectivity index (χ4n) is 1.03. The highest BCUT2D eigenvalue weighted by atomic mass is 32.2. The molecule has 90 valence electrons. The Balaban J connectivity index is 2.78. The van der Waals surface area contributed by atoms with Crippen LogP contribution >= 0.6 is 0 Å². The predicted molar refractivity (Wildman–Crippen MR) is 58.1 cm³/mol. The van der Waals surface area contributed by atoms with E-state index in [0.29, 0.717) is 0 Å². The van der Waals surface area contributed by atoms with Crippen LogP contribution in [0.3, 0.4) is 0 Å². The smallest absolute Gasteiger partial charge is 0.240 e. The first-order valence-electron chi connectivity index (χ1n) is 4.74. The van der Waals surface area contributed by atoms with Crippen LogP contribution in [0.25, 0.3) is 0 Å². The standard InChI is InChI=1S/C10H14FNO3S/c1-8(15-2)7-12-16(13,14)10-5-3-4-9(11)6-10/h3-6,8,12H,7H2,1-2H3. The lowest BCUT2D eigenvalue weighted by Gasteiger charge is -2.11. The van der Waals surface area contributed by atoms with Gasteiger partial charge in [-0.1, -0.05) is 6.07 Å². The SMILES string of the molecule is COC(C)CNS(=O)(=O)c1cccc(F)c1. The van der Waals surface area contributed by atoms with Gasteiger partial charge in [0.1, 0.15) is 5.82 Å². The lowest BCUT2D eigenvalue weighted by molar-refractivity contribution is 0.122. The number of hydrogen-bond acceptors (Lipinski definition) is 3. The second-order valence-electron chi connectivity index (χ2n) is 3.36. The number of benzene rings is 1. The summed E-state index contributed by atoms with van der Waals surface area (Å²) in [6.07, 6.45) is -0.233. The van der Waals surface area contributed by atoms with Crippen LogP contribution in [0, 0.1) is 5.82 Å². The molecule has 0 bridgehead atoms. The zero-order chi connectivity index (χ0) is 12.2. The van der Waals surface area contributed by atoms with Gasteiger partial charge in [0.25, 0.3) is 0 Å². The molecule has 16 heavy (non-hydrogen) atoms. The lowest BCUT2D eigenvalue weighted by atomic mass is 10.4. The molecule has 4 nitrogen and oxygen atoms in total. The maximum Gasteiger partial charge on any atom is 0.240 e. The Morgan fingerprint density at radius 2 is 2.19 bits per heavy atom. The first-order chi connectivity index (χ1) is 7.45. The average molecular weight is 247 g/mol. The number of halogens is 1. The van der Waals surface area contributed by atoms with Crippen molar-refractivity contribution in [2.24, 2.45) is 0 Å². The van der Waals surface area contributed by atoms with Crippen molar-refractivity contribution in [2.75, 3.05) is 13.7 Å². The summed E-state index contributed by atoms with van der Waals surface area (Å²) in [5.74, 6) is -0.581. The van der Waals surface area contributed by atoms with E-state index in [1.54, 1.807) is 6.92 Å². The summed E-state index contributed by atoms with van der Waals surface area (Å²) < 4.78 is 43.4. The molecule has 1 N–H and O–H groups in total. The van der Waals surface area contributed by atoms with Gasteiger partial charge in [-0.3, -0.25) is 0 Å². The zero-order valence-corrected chi connectivity index (χ0v) is 9.92. The van der Waals surface area contributed by atoms with Crippen LogP contribution in [0.2, 0.25) is 0 Å². The Morgan fingerprint density at radius 1 is 1.50 bits per heavy atom. The van der Waals surface area contributed by atoms with Crippen LogP contribution in [0.15, 0.2) is 29.2 Å². The Morgan fingerprint density at radius 3 is 2.75 bits per heavy atom. The lowest BCUT2D eigenvalue weighted by Crippen LogP contribution is -2.31. The van der Waals surface area contributed by atoms with Crippen LogP contribution in [0.1, 0.15) is 6.92 Å². The molecule has 0 aromatic heterocycles. The fraction of sp³-hybridized carbons (Fsp3) is 0.400. The van der Waals surface area contributed by atoms with E-state index in [9.17, 15) is 12.8 Å². The molecule has 0 aliphatic carbocycles. The molecule has 0 saturated carbocycles. The maximum absolute atomic E-state index is 12.8. The van der Waals surface area contributed by atoms with E-state index >= 15 is 0 Å². The van der Waals surface area contributed by atoms with Crippen LogP contribution < -0.4 is 4.72 Å². The molecule has 1 aromatic carbocycles. The van der Waals surface area contributed by atoms with E-state index in [-0.39, 0.29) is 17.5 Å². The molecule has 0 spiro atoms. The van der Waals surface area contributed by atoms with Gasteiger partial charge in [0, 0.05) is 13.7 Å². The van der Waals surface area contributed by atoms with Crippen molar-refractivity contribution < 1.29 is 17.5 Å². The molecule has 0 radical (unpaired) electrons. The summed E-state index contributed by atoms with van der Waals surface area (Å²) in [4.78, 5) is -0.0872. The summed E-state index contributed by atoms with van der Waals surface area (Å²) in [7, 11) is -2.17. The van der Waals surface area contributed by atoms with Crippen LogP contribution in [0.4, 0.5) is 4.39 Å². The maximum atomic E-state index is 12.8. The van der Waals surface area contributed by atoms with E-state index in [1.165, 1.54) is 25.3 Å². The minimum atomic E-state index is -3.66. The Bertz CT molecular complexity index is 447. The van der Waals surface area contributed by atoms with Gasteiger partial charge in [-0.15, -0.1) is 0 Å². The average Bonchev–Trinajstić information content (AvgIpc) is 2.26. The summed E-state index contributed by atoms with van der Waals surface area (Å²) in [6.45, 7) is 1.88. The third-order valence-corrected chi connectivity index (χ3v) is 3.49. The highest BCUT2D eigenvalue weighted by Gasteiger charge is 2.15. The number of sulfonamides is 1. The van der Waals surface area contributed by atoms with Crippen LogP contribution in [-0.4, -0.2) is 28.2 Å². The minimum absolute atomic E-state index is 0.0872. The molecule has 1 aromatic rings. The van der Waals surface area contributed by atoms with Crippen molar-refractivity contribution >= 4 is 10.0 Å². The van der Waals surface area contributed by atoms with Gasteiger partial charge in [-0.05, 0) is 25.1 Å². The van der Waals surface area contributed by atoms with Crippen molar-refractivity contribution in [1.82, 2.24) is 4.72 Å². The summed E-state index contributed by atoms with van der Waals surface area (Å²) in [5.41, 5.74) is 0. The molecule has 0 heterocycles. The Kier molecular flexibility index (Phi) is 4.40. The number of methoxy groups -OCH3 is 1. The van der Waals surface area contributed by atoms with Gasteiger partial charge in [0.15, 0.2) is 0 Å². The second-order valence-corrected chi connectivity index (χ2v) is 5.12. The van der Waals surface area contributed by atoms with E-state index in [4.69, 9.17) is 4.74 Å². The highest BCUT2D eigenvalue weighted by molar-refractivity contribution is 7.89. The molecule has 0 amide bonds. The van der Waals surface area contributed by atoms with E-state index < -0.39 is 15.8 Å². The molecule has 0 aliphatic heterocycles. The second kappa shape index (κ2) is 5.38. The first-order valence-corrected chi connectivity index (χ1v) is 6.22. The third-order valence-electron chi connectivity index (χ3n) is 2.07. The molecule has 0 fully saturated rings. The molecular weight excluding hydrogens is 233 g/mol. The molecule has 1 rings (SSSR count). The molecule has 0 saturated heterocycles.